The van der Waals surface area contributed by atoms with Crippen molar-refractivity contribution in [3.63, 3.8) is 0 Å². The number of pyridine rings is 1. The first-order valence-electron chi connectivity index (χ1n) is 6.75. The van der Waals surface area contributed by atoms with Gasteiger partial charge < -0.3 is 9.30 Å². The molecular weight excluding hydrogens is 286 g/mol. The zero-order valence-corrected chi connectivity index (χ0v) is 12.7. The second kappa shape index (κ2) is 5.74. The molecule has 0 saturated heterocycles. The van der Waals surface area contributed by atoms with Gasteiger partial charge in [-0.3, -0.25) is 4.98 Å². The van der Waals surface area contributed by atoms with Crippen molar-refractivity contribution in [2.75, 3.05) is 7.11 Å². The number of ether oxygens (including phenoxy) is 1. The van der Waals surface area contributed by atoms with Crippen LogP contribution in [0, 0.1) is 0 Å². The molecule has 0 aliphatic rings. The van der Waals surface area contributed by atoms with Crippen molar-refractivity contribution in [2.24, 2.45) is 0 Å². The molecule has 2 heterocycles. The maximum absolute atomic E-state index is 6.08. The number of benzene rings is 1. The van der Waals surface area contributed by atoms with E-state index in [2.05, 4.69) is 27.5 Å². The molecule has 1 atom stereocenters. The van der Waals surface area contributed by atoms with E-state index < -0.39 is 0 Å². The van der Waals surface area contributed by atoms with Crippen LogP contribution in [0.2, 0.25) is 0 Å². The van der Waals surface area contributed by atoms with Crippen molar-refractivity contribution >= 4 is 22.6 Å². The Kier molecular flexibility index (Phi) is 3.80. The minimum Gasteiger partial charge on any atom is -0.497 e. The molecule has 3 aromatic rings. The van der Waals surface area contributed by atoms with Crippen molar-refractivity contribution in [3.05, 3.63) is 54.1 Å². The van der Waals surface area contributed by atoms with E-state index in [0.29, 0.717) is 5.88 Å². The number of halogens is 1. The second-order valence-corrected chi connectivity index (χ2v) is 5.12. The Morgan fingerprint density at radius 3 is 2.86 bits per heavy atom. The number of methoxy groups -OCH3 is 1. The number of aromatic nitrogens is 3. The molecule has 3 rings (SSSR count). The van der Waals surface area contributed by atoms with Gasteiger partial charge in [0.1, 0.15) is 11.6 Å². The molecule has 0 bridgehead atoms. The van der Waals surface area contributed by atoms with Crippen molar-refractivity contribution < 1.29 is 4.74 Å². The van der Waals surface area contributed by atoms with Gasteiger partial charge in [0.2, 0.25) is 0 Å². The van der Waals surface area contributed by atoms with E-state index in [1.807, 2.05) is 30.5 Å². The average molecular weight is 302 g/mol. The van der Waals surface area contributed by atoms with Crippen LogP contribution in [-0.4, -0.2) is 21.6 Å². The predicted molar refractivity (Wildman–Crippen MR) is 83.9 cm³/mol. The lowest BCUT2D eigenvalue weighted by molar-refractivity contribution is 0.415. The molecule has 0 saturated carbocycles. The first-order valence-corrected chi connectivity index (χ1v) is 7.28. The summed E-state index contributed by atoms with van der Waals surface area (Å²) in [5, 5.41) is 0. The number of hydrogen-bond donors (Lipinski definition) is 0. The maximum atomic E-state index is 6.08. The molecule has 0 amide bonds. The summed E-state index contributed by atoms with van der Waals surface area (Å²) in [5.41, 5.74) is 3.06. The lowest BCUT2D eigenvalue weighted by atomic mass is 10.1. The topological polar surface area (TPSA) is 39.9 Å². The standard InChI is InChI=1S/C16H16ClN3O/c1-11(12-4-3-7-18-10-12)20-15-6-5-13(21-2)8-14(15)19-16(20)9-17/h3-8,10-11H,9H2,1-2H3. The highest BCUT2D eigenvalue weighted by molar-refractivity contribution is 6.16. The average Bonchev–Trinajstić information content (AvgIpc) is 2.92. The van der Waals surface area contributed by atoms with Crippen molar-refractivity contribution in [1.29, 1.82) is 0 Å². The molecule has 21 heavy (non-hydrogen) atoms. The number of nitrogens with zero attached hydrogens (tertiary/aromatic N) is 3. The normalized spacial score (nSPS) is 12.5. The third-order valence-electron chi connectivity index (χ3n) is 3.64. The van der Waals surface area contributed by atoms with Gasteiger partial charge in [0.05, 0.1) is 30.1 Å². The van der Waals surface area contributed by atoms with Crippen molar-refractivity contribution in [2.45, 2.75) is 18.8 Å². The van der Waals surface area contributed by atoms with Gasteiger partial charge in [-0.15, -0.1) is 11.6 Å². The van der Waals surface area contributed by atoms with Crippen LogP contribution in [0.4, 0.5) is 0 Å². The molecule has 0 fully saturated rings. The van der Waals surface area contributed by atoms with Crippen LogP contribution in [0.1, 0.15) is 24.4 Å². The zero-order valence-electron chi connectivity index (χ0n) is 12.0. The second-order valence-electron chi connectivity index (χ2n) is 4.85. The van der Waals surface area contributed by atoms with E-state index in [4.69, 9.17) is 16.3 Å². The maximum Gasteiger partial charge on any atom is 0.125 e. The van der Waals surface area contributed by atoms with Gasteiger partial charge in [-0.2, -0.15) is 0 Å². The molecular formula is C16H16ClN3O. The summed E-state index contributed by atoms with van der Waals surface area (Å²) in [7, 11) is 1.65. The van der Waals surface area contributed by atoms with Gasteiger partial charge in [0, 0.05) is 18.5 Å². The van der Waals surface area contributed by atoms with Gasteiger partial charge in [0.15, 0.2) is 0 Å². The molecule has 0 aliphatic carbocycles. The zero-order chi connectivity index (χ0) is 14.8. The number of fused-ring (bicyclic) bond motifs is 1. The quantitative estimate of drug-likeness (QED) is 0.688. The van der Waals surface area contributed by atoms with E-state index in [0.717, 1.165) is 28.2 Å². The van der Waals surface area contributed by atoms with Crippen LogP contribution in [0.3, 0.4) is 0 Å². The fraction of sp³-hybridized carbons (Fsp3) is 0.250. The Morgan fingerprint density at radius 2 is 2.19 bits per heavy atom. The minimum atomic E-state index is 0.117. The van der Waals surface area contributed by atoms with Gasteiger partial charge in [-0.25, -0.2) is 4.98 Å². The predicted octanol–water partition coefficient (Wildman–Crippen LogP) is 3.79. The third kappa shape index (κ3) is 2.47. The molecule has 0 radical (unpaired) electrons. The van der Waals surface area contributed by atoms with Crippen LogP contribution < -0.4 is 4.74 Å². The van der Waals surface area contributed by atoms with Crippen LogP contribution in [0.5, 0.6) is 5.75 Å². The lowest BCUT2D eigenvalue weighted by Crippen LogP contribution is -2.10. The summed E-state index contributed by atoms with van der Waals surface area (Å²) in [4.78, 5) is 8.81. The highest BCUT2D eigenvalue weighted by Gasteiger charge is 2.17. The van der Waals surface area contributed by atoms with E-state index in [1.54, 1.807) is 13.3 Å². The summed E-state index contributed by atoms with van der Waals surface area (Å²) in [5.74, 6) is 2.00. The number of imidazole rings is 1. The van der Waals surface area contributed by atoms with Crippen LogP contribution >= 0.6 is 11.6 Å². The smallest absolute Gasteiger partial charge is 0.125 e. The Bertz CT molecular complexity index is 755. The van der Waals surface area contributed by atoms with Crippen LogP contribution in [-0.2, 0) is 5.88 Å². The monoisotopic (exact) mass is 301 g/mol. The minimum absolute atomic E-state index is 0.117. The van der Waals surface area contributed by atoms with E-state index >= 15 is 0 Å². The molecule has 2 aromatic heterocycles. The molecule has 108 valence electrons. The molecule has 0 aliphatic heterocycles. The SMILES string of the molecule is COc1ccc2c(c1)nc(CCl)n2C(C)c1cccnc1. The molecule has 1 aromatic carbocycles. The van der Waals surface area contributed by atoms with E-state index in [9.17, 15) is 0 Å². The number of alkyl halides is 1. The fourth-order valence-corrected chi connectivity index (χ4v) is 2.74. The van der Waals surface area contributed by atoms with Gasteiger partial charge in [0.25, 0.3) is 0 Å². The summed E-state index contributed by atoms with van der Waals surface area (Å²) < 4.78 is 7.41. The molecule has 0 N–H and O–H groups in total. The summed E-state index contributed by atoms with van der Waals surface area (Å²) in [6, 6.07) is 10.0. The number of rotatable bonds is 4. The van der Waals surface area contributed by atoms with E-state index in [-0.39, 0.29) is 6.04 Å². The van der Waals surface area contributed by atoms with Crippen molar-refractivity contribution in [3.8, 4) is 5.75 Å². The Morgan fingerprint density at radius 1 is 1.33 bits per heavy atom. The molecule has 0 spiro atoms. The largest absolute Gasteiger partial charge is 0.497 e. The first-order chi connectivity index (χ1) is 10.2. The third-order valence-corrected chi connectivity index (χ3v) is 3.88. The van der Waals surface area contributed by atoms with Crippen LogP contribution in [0.25, 0.3) is 11.0 Å². The van der Waals surface area contributed by atoms with Gasteiger partial charge in [-0.1, -0.05) is 6.07 Å². The highest BCUT2D eigenvalue weighted by Crippen LogP contribution is 2.28. The lowest BCUT2D eigenvalue weighted by Gasteiger charge is -2.17. The molecule has 1 unspecified atom stereocenters. The first kappa shape index (κ1) is 13.9. The summed E-state index contributed by atoms with van der Waals surface area (Å²) >= 11 is 6.08. The van der Waals surface area contributed by atoms with Gasteiger partial charge in [-0.05, 0) is 30.7 Å². The Hall–Kier alpha value is -2.07. The molecule has 4 nitrogen and oxygen atoms in total. The summed E-state index contributed by atoms with van der Waals surface area (Å²) in [6.45, 7) is 2.12. The van der Waals surface area contributed by atoms with E-state index in [1.165, 1.54) is 0 Å². The summed E-state index contributed by atoms with van der Waals surface area (Å²) in [6.07, 6.45) is 3.65. The molecule has 5 heteroatoms. The number of hydrogen-bond acceptors (Lipinski definition) is 3. The van der Waals surface area contributed by atoms with Crippen LogP contribution in [0.15, 0.2) is 42.7 Å². The van der Waals surface area contributed by atoms with Gasteiger partial charge >= 0.3 is 0 Å². The Balaban J connectivity index is 2.16. The van der Waals surface area contributed by atoms with Crippen molar-refractivity contribution in [1.82, 2.24) is 14.5 Å². The Labute approximate surface area is 128 Å². The fourth-order valence-electron chi connectivity index (χ4n) is 2.55. The highest BCUT2D eigenvalue weighted by atomic mass is 35.5.